The maximum atomic E-state index is 12.4. The van der Waals surface area contributed by atoms with Crippen molar-refractivity contribution in [2.45, 2.75) is 33.6 Å². The largest absolute Gasteiger partial charge is 0.465 e. The number of benzene rings is 1. The van der Waals surface area contributed by atoms with Crippen LogP contribution >= 0.6 is 15.9 Å². The quantitative estimate of drug-likeness (QED) is 0.452. The van der Waals surface area contributed by atoms with Gasteiger partial charge in [-0.2, -0.15) is 0 Å². The van der Waals surface area contributed by atoms with Gasteiger partial charge in [-0.3, -0.25) is 9.59 Å². The van der Waals surface area contributed by atoms with E-state index in [2.05, 4.69) is 15.9 Å². The Balaban J connectivity index is 2.98. The van der Waals surface area contributed by atoms with Crippen LogP contribution in [-0.4, -0.2) is 18.4 Å². The summed E-state index contributed by atoms with van der Waals surface area (Å²) in [6.07, 6.45) is 1.28. The van der Waals surface area contributed by atoms with Crippen molar-refractivity contribution in [1.29, 1.82) is 0 Å². The van der Waals surface area contributed by atoms with E-state index in [0.29, 0.717) is 18.6 Å². The summed E-state index contributed by atoms with van der Waals surface area (Å²) < 4.78 is 5.85. The fraction of sp³-hybridized carbons (Fsp3) is 0.467. The molecule has 0 aliphatic carbocycles. The van der Waals surface area contributed by atoms with E-state index in [1.54, 1.807) is 19.1 Å². The maximum absolute atomic E-state index is 12.4. The van der Waals surface area contributed by atoms with Crippen molar-refractivity contribution in [3.63, 3.8) is 0 Å². The smallest absolute Gasteiger partial charge is 0.316 e. The molecule has 3 nitrogen and oxygen atoms in total. The van der Waals surface area contributed by atoms with Crippen LogP contribution in [0, 0.1) is 12.8 Å². The highest BCUT2D eigenvalue weighted by molar-refractivity contribution is 9.10. The molecule has 1 aromatic rings. The van der Waals surface area contributed by atoms with Crippen molar-refractivity contribution in [2.24, 2.45) is 5.92 Å². The van der Waals surface area contributed by atoms with Gasteiger partial charge in [0.05, 0.1) is 6.61 Å². The number of rotatable bonds is 6. The zero-order chi connectivity index (χ0) is 14.4. The van der Waals surface area contributed by atoms with E-state index < -0.39 is 11.9 Å². The molecule has 0 aliphatic heterocycles. The minimum atomic E-state index is -0.695. The van der Waals surface area contributed by atoms with Crippen molar-refractivity contribution < 1.29 is 14.3 Å². The van der Waals surface area contributed by atoms with Crippen molar-refractivity contribution in [3.05, 3.63) is 33.8 Å². The van der Waals surface area contributed by atoms with Crippen LogP contribution < -0.4 is 0 Å². The van der Waals surface area contributed by atoms with Crippen LogP contribution in [0.3, 0.4) is 0 Å². The second-order valence-electron chi connectivity index (χ2n) is 4.42. The summed E-state index contributed by atoms with van der Waals surface area (Å²) in [4.78, 5) is 24.2. The normalized spacial score (nSPS) is 12.0. The van der Waals surface area contributed by atoms with Crippen LogP contribution in [0.25, 0.3) is 0 Å². The highest BCUT2D eigenvalue weighted by Crippen LogP contribution is 2.22. The molecular weight excluding hydrogens is 308 g/mol. The van der Waals surface area contributed by atoms with E-state index in [-0.39, 0.29) is 5.78 Å². The second-order valence-corrected chi connectivity index (χ2v) is 5.28. The first-order chi connectivity index (χ1) is 9.01. The standard InChI is InChI=1S/C15H19BrO3/c1-4-6-12(15(18)19-5-2)14(17)11-8-7-10(3)13(16)9-11/h7-9,12H,4-6H2,1-3H3. The van der Waals surface area contributed by atoms with Gasteiger partial charge in [0.1, 0.15) is 5.92 Å². The Kier molecular flexibility index (Phi) is 6.22. The first-order valence-corrected chi connectivity index (χ1v) is 7.27. The predicted octanol–water partition coefficient (Wildman–Crippen LogP) is 3.92. The molecule has 1 atom stereocenters. The van der Waals surface area contributed by atoms with Gasteiger partial charge >= 0.3 is 5.97 Å². The molecule has 19 heavy (non-hydrogen) atoms. The van der Waals surface area contributed by atoms with Crippen LogP contribution in [0.15, 0.2) is 22.7 Å². The number of aryl methyl sites for hydroxylation is 1. The molecule has 0 saturated heterocycles. The van der Waals surface area contributed by atoms with E-state index in [4.69, 9.17) is 4.74 Å². The molecule has 1 unspecified atom stereocenters. The van der Waals surface area contributed by atoms with E-state index in [0.717, 1.165) is 16.5 Å². The summed E-state index contributed by atoms with van der Waals surface area (Å²) in [5.74, 6) is -1.29. The molecule has 0 amide bonds. The number of Topliss-reactive ketones (excluding diaryl/α,β-unsaturated/α-hetero) is 1. The Hall–Kier alpha value is -1.16. The molecule has 0 fully saturated rings. The van der Waals surface area contributed by atoms with Crippen molar-refractivity contribution in [2.75, 3.05) is 6.61 Å². The summed E-state index contributed by atoms with van der Waals surface area (Å²) in [5, 5.41) is 0. The van der Waals surface area contributed by atoms with Gasteiger partial charge in [-0.15, -0.1) is 0 Å². The van der Waals surface area contributed by atoms with Crippen molar-refractivity contribution >= 4 is 27.7 Å². The molecule has 0 bridgehead atoms. The third-order valence-electron chi connectivity index (χ3n) is 2.92. The summed E-state index contributed by atoms with van der Waals surface area (Å²) in [5.41, 5.74) is 1.60. The summed E-state index contributed by atoms with van der Waals surface area (Å²) in [7, 11) is 0. The van der Waals surface area contributed by atoms with Gasteiger partial charge in [0.2, 0.25) is 0 Å². The molecule has 1 rings (SSSR count). The Morgan fingerprint density at radius 1 is 1.32 bits per heavy atom. The third kappa shape index (κ3) is 4.16. The topological polar surface area (TPSA) is 43.4 Å². The SMILES string of the molecule is CCCC(C(=O)OCC)C(=O)c1ccc(C)c(Br)c1. The van der Waals surface area contributed by atoms with Crippen molar-refractivity contribution in [1.82, 2.24) is 0 Å². The predicted molar refractivity (Wildman–Crippen MR) is 78.2 cm³/mol. The fourth-order valence-corrected chi connectivity index (χ4v) is 2.21. The molecule has 0 N–H and O–H groups in total. The van der Waals surface area contributed by atoms with Gasteiger partial charge in [0, 0.05) is 10.0 Å². The summed E-state index contributed by atoms with van der Waals surface area (Å²) in [6.45, 7) is 5.94. The highest BCUT2D eigenvalue weighted by Gasteiger charge is 2.28. The molecule has 0 radical (unpaired) electrons. The zero-order valence-corrected chi connectivity index (χ0v) is 13.1. The number of carbonyl (C=O) groups is 2. The van der Waals surface area contributed by atoms with Crippen LogP contribution in [0.1, 0.15) is 42.6 Å². The van der Waals surface area contributed by atoms with E-state index in [1.165, 1.54) is 0 Å². The highest BCUT2D eigenvalue weighted by atomic mass is 79.9. The Labute approximate surface area is 122 Å². The number of ketones is 1. The minimum absolute atomic E-state index is 0.166. The molecule has 0 aromatic heterocycles. The number of carbonyl (C=O) groups excluding carboxylic acids is 2. The van der Waals surface area contributed by atoms with Gasteiger partial charge in [-0.05, 0) is 31.9 Å². The molecular formula is C15H19BrO3. The van der Waals surface area contributed by atoms with Gasteiger partial charge in [0.15, 0.2) is 5.78 Å². The van der Waals surface area contributed by atoms with Gasteiger partial charge in [0.25, 0.3) is 0 Å². The number of ether oxygens (including phenoxy) is 1. The zero-order valence-electron chi connectivity index (χ0n) is 11.5. The van der Waals surface area contributed by atoms with Gasteiger partial charge in [-0.25, -0.2) is 0 Å². The van der Waals surface area contributed by atoms with E-state index in [9.17, 15) is 9.59 Å². The van der Waals surface area contributed by atoms with Gasteiger partial charge in [-0.1, -0.05) is 41.4 Å². The monoisotopic (exact) mass is 326 g/mol. The number of hydrogen-bond donors (Lipinski definition) is 0. The summed E-state index contributed by atoms with van der Waals surface area (Å²) >= 11 is 3.40. The third-order valence-corrected chi connectivity index (χ3v) is 3.78. The Morgan fingerprint density at radius 3 is 2.53 bits per heavy atom. The van der Waals surface area contributed by atoms with Crippen LogP contribution in [0.4, 0.5) is 0 Å². The van der Waals surface area contributed by atoms with Crippen LogP contribution in [-0.2, 0) is 9.53 Å². The van der Waals surface area contributed by atoms with E-state index >= 15 is 0 Å². The fourth-order valence-electron chi connectivity index (χ4n) is 1.83. The average molecular weight is 327 g/mol. The molecule has 0 saturated carbocycles. The number of halogens is 1. The van der Waals surface area contributed by atoms with Crippen molar-refractivity contribution in [3.8, 4) is 0 Å². The minimum Gasteiger partial charge on any atom is -0.465 e. The molecule has 1 aromatic carbocycles. The lowest BCUT2D eigenvalue weighted by atomic mass is 9.93. The molecule has 104 valence electrons. The van der Waals surface area contributed by atoms with Crippen LogP contribution in [0.5, 0.6) is 0 Å². The molecule has 0 heterocycles. The molecule has 4 heteroatoms. The number of esters is 1. The Bertz CT molecular complexity index is 468. The van der Waals surface area contributed by atoms with Crippen LogP contribution in [0.2, 0.25) is 0 Å². The Morgan fingerprint density at radius 2 is 2.00 bits per heavy atom. The lowest BCUT2D eigenvalue weighted by Crippen LogP contribution is -2.26. The van der Waals surface area contributed by atoms with Gasteiger partial charge < -0.3 is 4.74 Å². The lowest BCUT2D eigenvalue weighted by molar-refractivity contribution is -0.146. The average Bonchev–Trinajstić information content (AvgIpc) is 2.38. The molecule has 0 spiro atoms. The lowest BCUT2D eigenvalue weighted by Gasteiger charge is -2.14. The first-order valence-electron chi connectivity index (χ1n) is 6.48. The second kappa shape index (κ2) is 7.43. The first kappa shape index (κ1) is 15.9. The number of hydrogen-bond acceptors (Lipinski definition) is 3. The van der Waals surface area contributed by atoms with E-state index in [1.807, 2.05) is 19.9 Å². The molecule has 0 aliphatic rings. The summed E-state index contributed by atoms with van der Waals surface area (Å²) in [6, 6.07) is 5.38. The maximum Gasteiger partial charge on any atom is 0.316 e.